The summed E-state index contributed by atoms with van der Waals surface area (Å²) < 4.78 is 35.0. The minimum absolute atomic E-state index is 0.207. The highest BCUT2D eigenvalue weighted by atomic mass is 32.1. The van der Waals surface area contributed by atoms with Crippen LogP contribution in [0, 0.1) is 11.8 Å². The van der Waals surface area contributed by atoms with Gasteiger partial charge in [0.05, 0.1) is 6.61 Å². The molecule has 1 aliphatic carbocycles. The molecule has 0 aromatic rings. The van der Waals surface area contributed by atoms with E-state index in [1.807, 2.05) is 48.5 Å². The van der Waals surface area contributed by atoms with Crippen LogP contribution in [0.3, 0.4) is 0 Å². The van der Waals surface area contributed by atoms with Gasteiger partial charge in [-0.25, -0.2) is 0 Å². The van der Waals surface area contributed by atoms with E-state index in [4.69, 9.17) is 39.1 Å². The second kappa shape index (κ2) is 21.8. The molecule has 1 saturated carbocycles. The lowest BCUT2D eigenvalue weighted by atomic mass is 9.79. The molecule has 11 heteroatoms. The van der Waals surface area contributed by atoms with Crippen molar-refractivity contribution >= 4 is 53.0 Å². The van der Waals surface area contributed by atoms with Crippen LogP contribution in [0.15, 0.2) is 0 Å². The van der Waals surface area contributed by atoms with Gasteiger partial charge in [-0.05, 0) is 118 Å². The standard InChI is InChI=1S/C16H32O4SSi.C12H26O3SSi/c1-4-18-22(19-5-2,20-6-3)12-11-14-7-9-15(10-8-14)16(17)13-21;1-10(2)14-17(6,15-11(3)4)9-7-8-13-12(5)16/h14-15,21H,4-13H2,1-3H3;10-11H,7-9H2,1-6H3. The predicted molar refractivity (Wildman–Crippen MR) is 172 cm³/mol. The highest BCUT2D eigenvalue weighted by molar-refractivity contribution is 7.81. The summed E-state index contributed by atoms with van der Waals surface area (Å²) in [4.78, 5) is 11.7. The van der Waals surface area contributed by atoms with Crippen molar-refractivity contribution in [3.63, 3.8) is 0 Å². The van der Waals surface area contributed by atoms with E-state index >= 15 is 0 Å². The molecule has 0 N–H and O–H groups in total. The van der Waals surface area contributed by atoms with Gasteiger partial charge in [0.2, 0.25) is 0 Å². The van der Waals surface area contributed by atoms with Crippen molar-refractivity contribution in [3.8, 4) is 0 Å². The van der Waals surface area contributed by atoms with E-state index in [0.717, 1.165) is 50.6 Å². The highest BCUT2D eigenvalue weighted by Crippen LogP contribution is 2.34. The summed E-state index contributed by atoms with van der Waals surface area (Å²) >= 11 is 8.97. The summed E-state index contributed by atoms with van der Waals surface area (Å²) in [5, 5.41) is 0.600. The van der Waals surface area contributed by atoms with Crippen LogP contribution < -0.4 is 0 Å². The van der Waals surface area contributed by atoms with Crippen LogP contribution >= 0.6 is 24.8 Å². The van der Waals surface area contributed by atoms with Crippen molar-refractivity contribution in [1.82, 2.24) is 0 Å². The first kappa shape index (κ1) is 39.1. The molecule has 0 heterocycles. The van der Waals surface area contributed by atoms with Crippen LogP contribution in [0.4, 0.5) is 0 Å². The van der Waals surface area contributed by atoms with Gasteiger partial charge in [0.25, 0.3) is 0 Å². The minimum atomic E-state index is -2.50. The maximum absolute atomic E-state index is 11.7. The van der Waals surface area contributed by atoms with Crippen molar-refractivity contribution in [2.45, 2.75) is 125 Å². The summed E-state index contributed by atoms with van der Waals surface area (Å²) in [6.45, 7) is 20.6. The summed E-state index contributed by atoms with van der Waals surface area (Å²) in [5.41, 5.74) is 0. The third-order valence-corrected chi connectivity index (χ3v) is 13.2. The lowest BCUT2D eigenvalue weighted by molar-refractivity contribution is -0.121. The van der Waals surface area contributed by atoms with Crippen LogP contribution in [0.2, 0.25) is 18.6 Å². The van der Waals surface area contributed by atoms with Crippen molar-refractivity contribution < 1.29 is 31.7 Å². The smallest absolute Gasteiger partial charge is 0.487 e. The van der Waals surface area contributed by atoms with Gasteiger partial charge >= 0.3 is 17.4 Å². The molecule has 0 aromatic carbocycles. The van der Waals surface area contributed by atoms with Crippen molar-refractivity contribution in [3.05, 3.63) is 0 Å². The molecule has 39 heavy (non-hydrogen) atoms. The molecule has 0 bridgehead atoms. The van der Waals surface area contributed by atoms with Gasteiger partial charge < -0.3 is 26.9 Å². The number of ether oxygens (including phenoxy) is 1. The van der Waals surface area contributed by atoms with Crippen molar-refractivity contribution in [2.75, 3.05) is 32.2 Å². The van der Waals surface area contributed by atoms with Gasteiger partial charge in [-0.15, -0.1) is 0 Å². The minimum Gasteiger partial charge on any atom is -0.487 e. The molecular weight excluding hydrogens is 569 g/mol. The molecule has 0 spiro atoms. The Bertz CT molecular complexity index is 633. The largest absolute Gasteiger partial charge is 0.500 e. The van der Waals surface area contributed by atoms with Gasteiger partial charge in [0.15, 0.2) is 5.05 Å². The van der Waals surface area contributed by atoms with Gasteiger partial charge in [0, 0.05) is 56.7 Å². The molecule has 0 aliphatic heterocycles. The zero-order chi connectivity index (χ0) is 29.9. The maximum Gasteiger partial charge on any atom is 0.500 e. The molecule has 0 amide bonds. The molecule has 1 aliphatic rings. The SMILES string of the molecule is CC(=S)OCCC[Si](C)(OC(C)C)OC(C)C.CCO[Si](CCC1CCC(C(=O)CS)CC1)(OCC)OCC. The summed E-state index contributed by atoms with van der Waals surface area (Å²) in [6, 6.07) is 1.82. The van der Waals surface area contributed by atoms with Crippen LogP contribution in [-0.2, 0) is 31.7 Å². The first-order valence-electron chi connectivity index (χ1n) is 14.9. The monoisotopic (exact) mass is 626 g/mol. The Labute approximate surface area is 252 Å². The number of Topliss-reactive ketones (excluding diaryl/α,β-unsaturated/α-hetero) is 1. The average molecular weight is 627 g/mol. The number of carbonyl (C=O) groups excluding carboxylic acids is 1. The number of thiocarbonyl (C=S) groups is 1. The third-order valence-electron chi connectivity index (χ3n) is 6.46. The number of hydrogen-bond donors (Lipinski definition) is 1. The van der Waals surface area contributed by atoms with Crippen LogP contribution in [-0.4, -0.2) is 72.6 Å². The van der Waals surface area contributed by atoms with Crippen LogP contribution in [0.5, 0.6) is 0 Å². The Kier molecular flexibility index (Phi) is 21.9. The Morgan fingerprint density at radius 1 is 0.897 bits per heavy atom. The maximum atomic E-state index is 11.7. The van der Waals surface area contributed by atoms with E-state index in [0.29, 0.717) is 48.9 Å². The molecule has 1 rings (SSSR count). The predicted octanol–water partition coefficient (Wildman–Crippen LogP) is 7.39. The van der Waals surface area contributed by atoms with E-state index in [2.05, 4.69) is 19.2 Å². The topological polar surface area (TPSA) is 72.5 Å². The quantitative estimate of drug-likeness (QED) is 0.0689. The number of thiol groups is 1. The number of carbonyl (C=O) groups is 1. The zero-order valence-electron chi connectivity index (χ0n) is 26.2. The van der Waals surface area contributed by atoms with Gasteiger partial charge in [-0.1, -0.05) is 0 Å². The van der Waals surface area contributed by atoms with E-state index in [1.165, 1.54) is 0 Å². The lowest BCUT2D eigenvalue weighted by Crippen LogP contribution is -2.46. The summed E-state index contributed by atoms with van der Waals surface area (Å²) in [7, 11) is -4.58. The highest BCUT2D eigenvalue weighted by Gasteiger charge is 2.41. The second-order valence-corrected chi connectivity index (χ2v) is 17.6. The molecule has 1 fully saturated rings. The van der Waals surface area contributed by atoms with Gasteiger partial charge in [-0.2, -0.15) is 12.6 Å². The second-order valence-electron chi connectivity index (χ2n) is 10.8. The molecule has 0 radical (unpaired) electrons. The van der Waals surface area contributed by atoms with Crippen molar-refractivity contribution in [2.24, 2.45) is 11.8 Å². The van der Waals surface area contributed by atoms with Gasteiger partial charge in [-0.3, -0.25) is 4.79 Å². The molecule has 7 nitrogen and oxygen atoms in total. The first-order chi connectivity index (χ1) is 18.4. The normalized spacial score (nSPS) is 18.2. The molecule has 0 aromatic heterocycles. The Morgan fingerprint density at radius 2 is 1.38 bits per heavy atom. The van der Waals surface area contributed by atoms with Crippen LogP contribution in [0.1, 0.15) is 93.9 Å². The number of rotatable bonds is 19. The molecule has 0 unspecified atom stereocenters. The van der Waals surface area contributed by atoms with Gasteiger partial charge in [0.1, 0.15) is 5.78 Å². The number of hydrogen-bond acceptors (Lipinski definition) is 9. The summed E-state index contributed by atoms with van der Waals surface area (Å²) in [5.74, 6) is 1.59. The lowest BCUT2D eigenvalue weighted by Gasteiger charge is -2.32. The van der Waals surface area contributed by atoms with Crippen LogP contribution in [0.25, 0.3) is 0 Å². The van der Waals surface area contributed by atoms with E-state index in [-0.39, 0.29) is 18.1 Å². The molecular formula is C28H58O7S2Si2. The fraction of sp³-hybridized carbons (Fsp3) is 0.929. The summed E-state index contributed by atoms with van der Waals surface area (Å²) in [6.07, 6.45) is 6.69. The van der Waals surface area contributed by atoms with E-state index < -0.39 is 17.4 Å². The average Bonchev–Trinajstić information content (AvgIpc) is 2.85. The molecule has 232 valence electrons. The molecule has 0 atom stereocenters. The van der Waals surface area contributed by atoms with E-state index in [1.54, 1.807) is 6.92 Å². The number of ketones is 1. The Hall–Kier alpha value is 0.144. The zero-order valence-corrected chi connectivity index (χ0v) is 29.9. The third kappa shape index (κ3) is 18.3. The fourth-order valence-corrected chi connectivity index (χ4v) is 11.2. The Morgan fingerprint density at radius 3 is 1.77 bits per heavy atom. The molecule has 0 saturated heterocycles. The Balaban J connectivity index is 0.000000768. The first-order valence-corrected chi connectivity index (χ1v) is 20.4. The fourth-order valence-electron chi connectivity index (χ4n) is 5.04. The van der Waals surface area contributed by atoms with Crippen molar-refractivity contribution in [1.29, 1.82) is 0 Å². The van der Waals surface area contributed by atoms with E-state index in [9.17, 15) is 4.79 Å².